The predicted octanol–water partition coefficient (Wildman–Crippen LogP) is -0.556. The van der Waals surface area contributed by atoms with Crippen molar-refractivity contribution in [1.29, 1.82) is 0 Å². The van der Waals surface area contributed by atoms with Gasteiger partial charge in [0.25, 0.3) is 5.08 Å². The Balaban J connectivity index is 0.00000324. The molecule has 1 aromatic rings. The molecule has 0 fully saturated rings. The third kappa shape index (κ3) is 3.81. The zero-order chi connectivity index (χ0) is 14.2. The second kappa shape index (κ2) is 6.25. The summed E-state index contributed by atoms with van der Waals surface area (Å²) in [7, 11) is -10.9. The van der Waals surface area contributed by atoms with Gasteiger partial charge in [-0.1, -0.05) is 6.92 Å². The molecule has 1 rings (SSSR count). The van der Waals surface area contributed by atoms with Gasteiger partial charge in [-0.25, -0.2) is 4.98 Å². The number of aromatic nitrogens is 2. The Labute approximate surface area is 121 Å². The molecule has 9 nitrogen and oxygen atoms in total. The van der Waals surface area contributed by atoms with Crippen molar-refractivity contribution in [2.24, 2.45) is 0 Å². The van der Waals surface area contributed by atoms with Crippen LogP contribution in [-0.4, -0.2) is 39.3 Å². The van der Waals surface area contributed by atoms with Crippen molar-refractivity contribution >= 4 is 15.2 Å². The molecule has 0 aromatic carbocycles. The fourth-order valence-electron chi connectivity index (χ4n) is 1.37. The fourth-order valence-corrected chi connectivity index (χ4v) is 3.40. The largest absolute Gasteiger partial charge is 0.371 e. The summed E-state index contributed by atoms with van der Waals surface area (Å²) in [6, 6.07) is 0. The SMILES string of the molecule is CCc1cncn1CC(O)(P(=O)(O)O)P(=O)(O)O.[Zn]. The van der Waals surface area contributed by atoms with Crippen molar-refractivity contribution in [2.45, 2.75) is 25.0 Å². The first kappa shape index (κ1) is 19.1. The number of nitrogens with zero attached hydrogens (tertiary/aromatic N) is 2. The summed E-state index contributed by atoms with van der Waals surface area (Å²) in [5, 5.41) is 6.25. The first-order chi connectivity index (χ1) is 8.03. The molecular weight excluding hydrogens is 351 g/mol. The minimum atomic E-state index is -5.44. The number of aryl methyl sites for hydroxylation is 1. The molecule has 1 aromatic heterocycles. The summed E-state index contributed by atoms with van der Waals surface area (Å²) >= 11 is 0. The van der Waals surface area contributed by atoms with Crippen molar-refractivity contribution in [3.05, 3.63) is 18.2 Å². The van der Waals surface area contributed by atoms with Crippen LogP contribution < -0.4 is 0 Å². The first-order valence-corrected chi connectivity index (χ1v) is 8.08. The van der Waals surface area contributed by atoms with Crippen LogP contribution in [0.15, 0.2) is 12.5 Å². The van der Waals surface area contributed by atoms with Gasteiger partial charge in [0, 0.05) is 31.4 Å². The Bertz CT molecular complexity index is 499. The Morgan fingerprint density at radius 2 is 1.74 bits per heavy atom. The fraction of sp³-hybridized carbons (Fsp3) is 0.571. The van der Waals surface area contributed by atoms with Crippen LogP contribution in [0.25, 0.3) is 0 Å². The van der Waals surface area contributed by atoms with Gasteiger partial charge in [0.05, 0.1) is 12.9 Å². The van der Waals surface area contributed by atoms with E-state index in [4.69, 9.17) is 19.6 Å². The van der Waals surface area contributed by atoms with Gasteiger partial charge in [-0.05, 0) is 6.42 Å². The van der Waals surface area contributed by atoms with Gasteiger partial charge in [-0.15, -0.1) is 0 Å². The van der Waals surface area contributed by atoms with Crippen LogP contribution in [0.4, 0.5) is 0 Å². The van der Waals surface area contributed by atoms with E-state index >= 15 is 0 Å². The molecule has 0 aliphatic rings. The number of imidazole rings is 1. The van der Waals surface area contributed by atoms with E-state index in [0.29, 0.717) is 12.1 Å². The maximum absolute atomic E-state index is 11.1. The van der Waals surface area contributed by atoms with Crippen molar-refractivity contribution in [2.75, 3.05) is 0 Å². The van der Waals surface area contributed by atoms with Crippen LogP contribution in [0.5, 0.6) is 0 Å². The van der Waals surface area contributed by atoms with E-state index in [2.05, 4.69) is 4.98 Å². The molecule has 0 unspecified atom stereocenters. The van der Waals surface area contributed by atoms with Gasteiger partial charge in [0.15, 0.2) is 0 Å². The Morgan fingerprint density at radius 3 is 2.11 bits per heavy atom. The number of aliphatic hydroxyl groups is 1. The van der Waals surface area contributed by atoms with Gasteiger partial charge < -0.3 is 29.2 Å². The molecule has 0 saturated carbocycles. The molecule has 0 amide bonds. The molecule has 106 valence electrons. The van der Waals surface area contributed by atoms with E-state index in [0.717, 1.165) is 10.9 Å². The maximum Gasteiger partial charge on any atom is 0.371 e. The molecule has 12 heteroatoms. The minimum absolute atomic E-state index is 0. The standard InChI is InChI=1S/C7H14N2O7P2.Zn/c1-2-6-3-8-5-9(6)4-7(10,17(11,12)13)18(14,15)16;/h3,5,10H,2,4H2,1H3,(H2,11,12,13)(H2,14,15,16);. The van der Waals surface area contributed by atoms with Crippen LogP contribution >= 0.6 is 15.2 Å². The monoisotopic (exact) mass is 364 g/mol. The van der Waals surface area contributed by atoms with E-state index in [-0.39, 0.29) is 19.5 Å². The molecule has 0 spiro atoms. The summed E-state index contributed by atoms with van der Waals surface area (Å²) in [5.74, 6) is 0. The van der Waals surface area contributed by atoms with E-state index in [1.807, 2.05) is 0 Å². The third-order valence-corrected chi connectivity index (χ3v) is 6.19. The zero-order valence-electron chi connectivity index (χ0n) is 10.1. The molecule has 0 atom stereocenters. The number of hydrogen-bond donors (Lipinski definition) is 5. The average Bonchev–Trinajstić information content (AvgIpc) is 2.61. The van der Waals surface area contributed by atoms with Gasteiger partial charge in [0.2, 0.25) is 0 Å². The second-order valence-electron chi connectivity index (χ2n) is 3.73. The number of hydrogen-bond acceptors (Lipinski definition) is 4. The van der Waals surface area contributed by atoms with Gasteiger partial charge >= 0.3 is 15.2 Å². The molecule has 0 saturated heterocycles. The molecule has 5 N–H and O–H groups in total. The van der Waals surface area contributed by atoms with Crippen molar-refractivity contribution in [3.63, 3.8) is 0 Å². The molecule has 0 aliphatic carbocycles. The van der Waals surface area contributed by atoms with E-state index in [9.17, 15) is 14.2 Å². The molecular formula is C7H14N2O7P2Zn. The average molecular weight is 366 g/mol. The number of rotatable bonds is 5. The Hall–Kier alpha value is 0.0934. The first-order valence-electron chi connectivity index (χ1n) is 4.85. The molecule has 0 aliphatic heterocycles. The van der Waals surface area contributed by atoms with Crippen molar-refractivity contribution in [1.82, 2.24) is 9.55 Å². The van der Waals surface area contributed by atoms with E-state index in [1.165, 1.54) is 6.20 Å². The normalized spacial score (nSPS) is 13.2. The molecule has 0 radical (unpaired) electrons. The summed E-state index contributed by atoms with van der Waals surface area (Å²) in [4.78, 5) is 39.6. The molecule has 1 heterocycles. The molecule has 19 heavy (non-hydrogen) atoms. The van der Waals surface area contributed by atoms with Crippen LogP contribution in [0.1, 0.15) is 12.6 Å². The maximum atomic E-state index is 11.1. The Morgan fingerprint density at radius 1 is 1.26 bits per heavy atom. The summed E-state index contributed by atoms with van der Waals surface area (Å²) in [6.45, 7) is 0.784. The van der Waals surface area contributed by atoms with Crippen LogP contribution in [0.2, 0.25) is 0 Å². The van der Waals surface area contributed by atoms with E-state index in [1.54, 1.807) is 6.92 Å². The van der Waals surface area contributed by atoms with Gasteiger partial charge in [-0.3, -0.25) is 9.13 Å². The molecule has 0 bridgehead atoms. The Kier molecular flexibility index (Phi) is 6.28. The minimum Gasteiger partial charge on any atom is -0.366 e. The van der Waals surface area contributed by atoms with Gasteiger partial charge in [0.1, 0.15) is 0 Å². The van der Waals surface area contributed by atoms with Crippen molar-refractivity contribution in [3.8, 4) is 0 Å². The van der Waals surface area contributed by atoms with Crippen LogP contribution in [0.3, 0.4) is 0 Å². The van der Waals surface area contributed by atoms with Crippen molar-refractivity contribution < 1.29 is 53.3 Å². The smallest absolute Gasteiger partial charge is 0.366 e. The van der Waals surface area contributed by atoms with Crippen LogP contribution in [0, 0.1) is 0 Å². The van der Waals surface area contributed by atoms with Gasteiger partial charge in [-0.2, -0.15) is 0 Å². The summed E-state index contributed by atoms with van der Waals surface area (Å²) in [5.41, 5.74) is 0.482. The predicted molar refractivity (Wildman–Crippen MR) is 60.6 cm³/mol. The summed E-state index contributed by atoms with van der Waals surface area (Å²) in [6.07, 6.45) is 2.94. The summed E-state index contributed by atoms with van der Waals surface area (Å²) < 4.78 is 23.4. The second-order valence-corrected chi connectivity index (χ2v) is 7.74. The topological polar surface area (TPSA) is 153 Å². The quantitative estimate of drug-likeness (QED) is 0.344. The van der Waals surface area contributed by atoms with Crippen LogP contribution in [-0.2, 0) is 41.6 Å². The zero-order valence-corrected chi connectivity index (χ0v) is 14.9. The third-order valence-electron chi connectivity index (χ3n) is 2.48. The van der Waals surface area contributed by atoms with E-state index < -0.39 is 26.8 Å².